The molecule has 1 aliphatic heterocycles. The van der Waals surface area contributed by atoms with Gasteiger partial charge in [-0.15, -0.1) is 0 Å². The second kappa shape index (κ2) is 5.76. The van der Waals surface area contributed by atoms with Gasteiger partial charge < -0.3 is 9.32 Å². The molecule has 0 aliphatic carbocycles. The molecular formula is C15H16N4O. The number of anilines is 1. The highest BCUT2D eigenvalue weighted by Crippen LogP contribution is 2.19. The summed E-state index contributed by atoms with van der Waals surface area (Å²) in [7, 11) is 0. The molecule has 0 radical (unpaired) electrons. The van der Waals surface area contributed by atoms with Crippen molar-refractivity contribution >= 4 is 5.69 Å². The molecule has 2 aromatic heterocycles. The van der Waals surface area contributed by atoms with E-state index in [0.717, 1.165) is 44.2 Å². The average molecular weight is 268 g/mol. The minimum absolute atomic E-state index is 0.506. The molecule has 2 aromatic rings. The van der Waals surface area contributed by atoms with Gasteiger partial charge in [0.2, 0.25) is 0 Å². The second-order valence-corrected chi connectivity index (χ2v) is 4.83. The summed E-state index contributed by atoms with van der Waals surface area (Å²) in [5.74, 6) is 0.998. The van der Waals surface area contributed by atoms with Gasteiger partial charge in [0.05, 0.1) is 18.5 Å². The van der Waals surface area contributed by atoms with Crippen LogP contribution in [0.2, 0.25) is 0 Å². The van der Waals surface area contributed by atoms with Crippen LogP contribution in [-0.4, -0.2) is 36.1 Å². The van der Waals surface area contributed by atoms with E-state index in [1.54, 1.807) is 12.5 Å². The highest BCUT2D eigenvalue weighted by molar-refractivity contribution is 5.55. The molecule has 3 heterocycles. The fraction of sp³-hybridized carbons (Fsp3) is 0.333. The largest absolute Gasteiger partial charge is 0.468 e. The third-order valence-corrected chi connectivity index (χ3v) is 3.56. The van der Waals surface area contributed by atoms with Crippen LogP contribution in [0.3, 0.4) is 0 Å². The van der Waals surface area contributed by atoms with E-state index in [2.05, 4.69) is 20.9 Å². The predicted octanol–water partition coefficient (Wildman–Crippen LogP) is 1.87. The number of aromatic nitrogens is 1. The van der Waals surface area contributed by atoms with Crippen LogP contribution in [0.5, 0.6) is 0 Å². The predicted molar refractivity (Wildman–Crippen MR) is 75.2 cm³/mol. The SMILES string of the molecule is N#Cc1ncccc1N1CCN(Cc2ccco2)CC1. The van der Waals surface area contributed by atoms with Gasteiger partial charge in [-0.3, -0.25) is 4.90 Å². The summed E-state index contributed by atoms with van der Waals surface area (Å²) in [5.41, 5.74) is 1.44. The van der Waals surface area contributed by atoms with E-state index in [1.165, 1.54) is 0 Å². The first-order valence-corrected chi connectivity index (χ1v) is 6.71. The third-order valence-electron chi connectivity index (χ3n) is 3.56. The average Bonchev–Trinajstić information content (AvgIpc) is 3.01. The van der Waals surface area contributed by atoms with Gasteiger partial charge in [0.1, 0.15) is 11.8 Å². The fourth-order valence-corrected chi connectivity index (χ4v) is 2.51. The first-order valence-electron chi connectivity index (χ1n) is 6.71. The van der Waals surface area contributed by atoms with Gasteiger partial charge in [-0.2, -0.15) is 5.26 Å². The first-order chi connectivity index (χ1) is 9.86. The lowest BCUT2D eigenvalue weighted by atomic mass is 10.2. The lowest BCUT2D eigenvalue weighted by Crippen LogP contribution is -2.46. The quantitative estimate of drug-likeness (QED) is 0.850. The molecule has 0 saturated carbocycles. The number of pyridine rings is 1. The normalized spacial score (nSPS) is 16.1. The molecule has 0 atom stereocenters. The van der Waals surface area contributed by atoms with Crippen LogP contribution in [-0.2, 0) is 6.54 Å². The van der Waals surface area contributed by atoms with Crippen molar-refractivity contribution in [2.75, 3.05) is 31.1 Å². The summed E-state index contributed by atoms with van der Waals surface area (Å²) >= 11 is 0. The Balaban J connectivity index is 1.62. The molecule has 0 unspecified atom stereocenters. The van der Waals surface area contributed by atoms with Gasteiger partial charge in [-0.25, -0.2) is 4.98 Å². The molecule has 20 heavy (non-hydrogen) atoms. The topological polar surface area (TPSA) is 56.3 Å². The van der Waals surface area contributed by atoms with Crippen molar-refractivity contribution in [3.63, 3.8) is 0 Å². The number of rotatable bonds is 3. The van der Waals surface area contributed by atoms with Gasteiger partial charge in [0.15, 0.2) is 5.69 Å². The van der Waals surface area contributed by atoms with Gasteiger partial charge in [-0.05, 0) is 24.3 Å². The van der Waals surface area contributed by atoms with Crippen molar-refractivity contribution < 1.29 is 4.42 Å². The van der Waals surface area contributed by atoms with Crippen LogP contribution in [0.15, 0.2) is 41.1 Å². The fourth-order valence-electron chi connectivity index (χ4n) is 2.51. The molecule has 102 valence electrons. The summed E-state index contributed by atoms with van der Waals surface area (Å²) in [6.07, 6.45) is 3.37. The van der Waals surface area contributed by atoms with E-state index < -0.39 is 0 Å². The first kappa shape index (κ1) is 12.7. The summed E-state index contributed by atoms with van der Waals surface area (Å²) < 4.78 is 5.38. The Morgan fingerprint density at radius 2 is 2.05 bits per heavy atom. The van der Waals surface area contributed by atoms with Crippen molar-refractivity contribution in [3.8, 4) is 6.07 Å². The summed E-state index contributed by atoms with van der Waals surface area (Å²) in [5, 5.41) is 9.11. The Kier molecular flexibility index (Phi) is 3.66. The molecule has 0 bridgehead atoms. The van der Waals surface area contributed by atoms with Crippen LogP contribution in [0.4, 0.5) is 5.69 Å². The molecule has 5 heteroatoms. The van der Waals surface area contributed by atoms with Crippen molar-refractivity contribution in [2.45, 2.75) is 6.54 Å². The maximum Gasteiger partial charge on any atom is 0.163 e. The van der Waals surface area contributed by atoms with E-state index in [1.807, 2.05) is 24.3 Å². The van der Waals surface area contributed by atoms with E-state index in [-0.39, 0.29) is 0 Å². The van der Waals surface area contributed by atoms with Crippen LogP contribution in [0, 0.1) is 11.3 Å². The number of hydrogen-bond donors (Lipinski definition) is 0. The molecule has 1 fully saturated rings. The second-order valence-electron chi connectivity index (χ2n) is 4.83. The highest BCUT2D eigenvalue weighted by atomic mass is 16.3. The van der Waals surface area contributed by atoms with Crippen molar-refractivity contribution in [2.24, 2.45) is 0 Å². The molecule has 1 aliphatic rings. The summed E-state index contributed by atoms with van der Waals surface area (Å²) in [4.78, 5) is 8.71. The van der Waals surface area contributed by atoms with E-state index in [9.17, 15) is 0 Å². The number of nitrogens with zero attached hydrogens (tertiary/aromatic N) is 4. The number of furan rings is 1. The Labute approximate surface area is 118 Å². The smallest absolute Gasteiger partial charge is 0.163 e. The third kappa shape index (κ3) is 2.65. The lowest BCUT2D eigenvalue weighted by molar-refractivity contribution is 0.230. The minimum Gasteiger partial charge on any atom is -0.468 e. The van der Waals surface area contributed by atoms with Gasteiger partial charge in [-0.1, -0.05) is 0 Å². The maximum absolute atomic E-state index is 9.11. The van der Waals surface area contributed by atoms with Crippen LogP contribution < -0.4 is 4.90 Å². The van der Waals surface area contributed by atoms with Crippen LogP contribution in [0.25, 0.3) is 0 Å². The summed E-state index contributed by atoms with van der Waals surface area (Å²) in [6.45, 7) is 4.57. The molecule has 0 amide bonds. The Hall–Kier alpha value is -2.32. The van der Waals surface area contributed by atoms with Gasteiger partial charge in [0.25, 0.3) is 0 Å². The molecule has 3 rings (SSSR count). The monoisotopic (exact) mass is 268 g/mol. The van der Waals surface area contributed by atoms with Gasteiger partial charge in [0, 0.05) is 32.4 Å². The van der Waals surface area contributed by atoms with Crippen molar-refractivity contribution in [1.29, 1.82) is 5.26 Å². The van der Waals surface area contributed by atoms with Gasteiger partial charge >= 0.3 is 0 Å². The highest BCUT2D eigenvalue weighted by Gasteiger charge is 2.20. The number of hydrogen-bond acceptors (Lipinski definition) is 5. The van der Waals surface area contributed by atoms with Crippen LogP contribution in [0.1, 0.15) is 11.5 Å². The van der Waals surface area contributed by atoms with Crippen molar-refractivity contribution in [1.82, 2.24) is 9.88 Å². The molecule has 5 nitrogen and oxygen atoms in total. The Morgan fingerprint density at radius 3 is 2.75 bits per heavy atom. The number of nitriles is 1. The molecule has 0 N–H and O–H groups in total. The van der Waals surface area contributed by atoms with E-state index >= 15 is 0 Å². The standard InChI is InChI=1S/C15H16N4O/c16-11-14-15(4-1-5-17-14)19-8-6-18(7-9-19)12-13-3-2-10-20-13/h1-5,10H,6-9,12H2. The van der Waals surface area contributed by atoms with Crippen LogP contribution >= 0.6 is 0 Å². The Morgan fingerprint density at radius 1 is 1.20 bits per heavy atom. The number of piperazine rings is 1. The molecule has 0 aromatic carbocycles. The molecule has 0 spiro atoms. The Bertz CT molecular complexity index is 595. The minimum atomic E-state index is 0.506. The van der Waals surface area contributed by atoms with Crippen molar-refractivity contribution in [3.05, 3.63) is 48.2 Å². The zero-order valence-corrected chi connectivity index (χ0v) is 11.2. The zero-order valence-electron chi connectivity index (χ0n) is 11.2. The maximum atomic E-state index is 9.11. The lowest BCUT2D eigenvalue weighted by Gasteiger charge is -2.35. The zero-order chi connectivity index (χ0) is 13.8. The molecular weight excluding hydrogens is 252 g/mol. The molecule has 1 saturated heterocycles. The van der Waals surface area contributed by atoms with E-state index in [4.69, 9.17) is 9.68 Å². The summed E-state index contributed by atoms with van der Waals surface area (Å²) in [6, 6.07) is 9.92. The van der Waals surface area contributed by atoms with E-state index in [0.29, 0.717) is 5.69 Å².